The minimum atomic E-state index is -1.00. The number of rotatable bonds is 6. The maximum absolute atomic E-state index is 11.8. The van der Waals surface area contributed by atoms with Gasteiger partial charge in [-0.2, -0.15) is 0 Å². The van der Waals surface area contributed by atoms with Crippen LogP contribution in [0.5, 0.6) is 0 Å². The molecule has 0 radical (unpaired) electrons. The van der Waals surface area contributed by atoms with Crippen LogP contribution in [0.25, 0.3) is 0 Å². The number of carbonyl (C=O) groups excluding carboxylic acids is 2. The smallest absolute Gasteiger partial charge is 0.407 e. The molecule has 1 aromatic rings. The summed E-state index contributed by atoms with van der Waals surface area (Å²) in [5.41, 5.74) is 0.241. The van der Waals surface area contributed by atoms with Crippen molar-refractivity contribution < 1.29 is 24.2 Å². The lowest BCUT2D eigenvalue weighted by atomic mass is 10.1. The first-order valence-electron chi connectivity index (χ1n) is 8.23. The van der Waals surface area contributed by atoms with Crippen molar-refractivity contribution in [2.45, 2.75) is 65.0 Å². The molecule has 3 N–H and O–H groups in total. The lowest BCUT2D eigenvalue weighted by Gasteiger charge is -2.27. The van der Waals surface area contributed by atoms with E-state index < -0.39 is 36.0 Å². The summed E-state index contributed by atoms with van der Waals surface area (Å²) >= 11 is 0. The van der Waals surface area contributed by atoms with Gasteiger partial charge in [-0.25, -0.2) is 9.59 Å². The van der Waals surface area contributed by atoms with Crippen LogP contribution in [0.3, 0.4) is 0 Å². The first kappa shape index (κ1) is 20.8. The van der Waals surface area contributed by atoms with Gasteiger partial charge in [-0.1, -0.05) is 30.3 Å². The predicted octanol–water partition coefficient (Wildman–Crippen LogP) is 2.58. The molecule has 3 atom stereocenters. The minimum absolute atomic E-state index is 0.140. The third kappa shape index (κ3) is 8.39. The number of nitrogens with one attached hydrogen (secondary N) is 2. The average Bonchev–Trinajstić information content (AvgIpc) is 2.51. The number of carbonyl (C=O) groups is 2. The molecule has 2 amide bonds. The molecule has 25 heavy (non-hydrogen) atoms. The zero-order valence-electron chi connectivity index (χ0n) is 15.4. The van der Waals surface area contributed by atoms with Gasteiger partial charge in [0.1, 0.15) is 12.2 Å². The second kappa shape index (κ2) is 9.27. The van der Waals surface area contributed by atoms with E-state index in [4.69, 9.17) is 9.47 Å². The molecule has 0 bridgehead atoms. The van der Waals surface area contributed by atoms with Crippen LogP contribution in [0.2, 0.25) is 0 Å². The third-order valence-electron chi connectivity index (χ3n) is 3.33. The van der Waals surface area contributed by atoms with Gasteiger partial charge in [-0.3, -0.25) is 0 Å². The molecule has 0 aliphatic heterocycles. The molecular formula is C18H28N2O5. The SMILES string of the molecule is CC(NC(=O)OCc1ccccc1)C(O)C(C)NC(=O)OC(C)(C)C. The van der Waals surface area contributed by atoms with E-state index in [0.717, 1.165) is 5.56 Å². The zero-order valence-corrected chi connectivity index (χ0v) is 15.4. The van der Waals surface area contributed by atoms with E-state index in [-0.39, 0.29) is 6.61 Å². The van der Waals surface area contributed by atoms with Gasteiger partial charge in [0.2, 0.25) is 0 Å². The fourth-order valence-corrected chi connectivity index (χ4v) is 2.05. The van der Waals surface area contributed by atoms with Crippen LogP contribution in [0.4, 0.5) is 9.59 Å². The second-order valence-corrected chi connectivity index (χ2v) is 6.92. The number of amides is 2. The van der Waals surface area contributed by atoms with Gasteiger partial charge < -0.3 is 25.2 Å². The summed E-state index contributed by atoms with van der Waals surface area (Å²) in [7, 11) is 0. The molecule has 0 spiro atoms. The van der Waals surface area contributed by atoms with Crippen molar-refractivity contribution in [1.29, 1.82) is 0 Å². The summed E-state index contributed by atoms with van der Waals surface area (Å²) < 4.78 is 10.2. The Morgan fingerprint density at radius 2 is 1.56 bits per heavy atom. The van der Waals surface area contributed by atoms with Gasteiger partial charge >= 0.3 is 12.2 Å². The van der Waals surface area contributed by atoms with Gasteiger partial charge in [0, 0.05) is 0 Å². The van der Waals surface area contributed by atoms with Crippen molar-refractivity contribution in [3.8, 4) is 0 Å². The molecule has 0 aliphatic carbocycles. The van der Waals surface area contributed by atoms with Crippen molar-refractivity contribution in [3.05, 3.63) is 35.9 Å². The zero-order chi connectivity index (χ0) is 19.0. The Morgan fingerprint density at radius 3 is 2.08 bits per heavy atom. The van der Waals surface area contributed by atoms with Crippen LogP contribution in [0, 0.1) is 0 Å². The number of benzene rings is 1. The highest BCUT2D eigenvalue weighted by Crippen LogP contribution is 2.08. The Morgan fingerprint density at radius 1 is 1.04 bits per heavy atom. The van der Waals surface area contributed by atoms with E-state index in [0.29, 0.717) is 0 Å². The van der Waals surface area contributed by atoms with Gasteiger partial charge in [0.15, 0.2) is 0 Å². The maximum atomic E-state index is 11.8. The number of hydrogen-bond donors (Lipinski definition) is 3. The van der Waals surface area contributed by atoms with Crippen molar-refractivity contribution in [1.82, 2.24) is 10.6 Å². The molecule has 0 aliphatic rings. The standard InChI is InChI=1S/C18H28N2O5/c1-12(15(21)13(2)20-17(23)25-18(3,4)5)19-16(22)24-11-14-9-7-6-8-10-14/h6-10,12-13,15,21H,11H2,1-5H3,(H,19,22)(H,20,23). The topological polar surface area (TPSA) is 96.9 Å². The number of aliphatic hydroxyl groups excluding tert-OH is 1. The van der Waals surface area contributed by atoms with Crippen molar-refractivity contribution >= 4 is 12.2 Å². The summed E-state index contributed by atoms with van der Waals surface area (Å²) in [4.78, 5) is 23.5. The summed E-state index contributed by atoms with van der Waals surface area (Å²) in [6, 6.07) is 8.05. The van der Waals surface area contributed by atoms with Crippen molar-refractivity contribution in [3.63, 3.8) is 0 Å². The second-order valence-electron chi connectivity index (χ2n) is 6.92. The Kier molecular flexibility index (Phi) is 7.70. The van der Waals surface area contributed by atoms with Crippen molar-refractivity contribution in [2.24, 2.45) is 0 Å². The number of hydrogen-bond acceptors (Lipinski definition) is 5. The normalized spacial score (nSPS) is 14.8. The average molecular weight is 352 g/mol. The number of alkyl carbamates (subject to hydrolysis) is 2. The molecule has 7 heteroatoms. The highest BCUT2D eigenvalue weighted by Gasteiger charge is 2.26. The fourth-order valence-electron chi connectivity index (χ4n) is 2.05. The lowest BCUT2D eigenvalue weighted by Crippen LogP contribution is -2.52. The summed E-state index contributed by atoms with van der Waals surface area (Å²) in [6.07, 6.45) is -2.27. The van der Waals surface area contributed by atoms with Crippen molar-refractivity contribution in [2.75, 3.05) is 0 Å². The van der Waals surface area contributed by atoms with Crippen LogP contribution in [0.1, 0.15) is 40.2 Å². The first-order valence-corrected chi connectivity index (χ1v) is 8.23. The molecule has 0 heterocycles. The molecule has 0 saturated heterocycles. The van der Waals surface area contributed by atoms with Gasteiger partial charge in [-0.05, 0) is 40.2 Å². The van der Waals surface area contributed by atoms with E-state index in [1.54, 1.807) is 34.6 Å². The van der Waals surface area contributed by atoms with Gasteiger partial charge in [-0.15, -0.1) is 0 Å². The predicted molar refractivity (Wildman–Crippen MR) is 94.1 cm³/mol. The number of ether oxygens (including phenoxy) is 2. The van der Waals surface area contributed by atoms with Gasteiger partial charge in [0.05, 0.1) is 18.2 Å². The van der Waals surface area contributed by atoms with E-state index in [9.17, 15) is 14.7 Å². The lowest BCUT2D eigenvalue weighted by molar-refractivity contribution is 0.0397. The van der Waals surface area contributed by atoms with E-state index in [2.05, 4.69) is 10.6 Å². The molecule has 0 aromatic heterocycles. The monoisotopic (exact) mass is 352 g/mol. The van der Waals surface area contributed by atoms with E-state index in [1.807, 2.05) is 30.3 Å². The Bertz CT molecular complexity index is 556. The molecule has 140 valence electrons. The van der Waals surface area contributed by atoms with E-state index >= 15 is 0 Å². The maximum Gasteiger partial charge on any atom is 0.407 e. The molecule has 1 aromatic carbocycles. The van der Waals surface area contributed by atoms with Crippen LogP contribution < -0.4 is 10.6 Å². The minimum Gasteiger partial charge on any atom is -0.445 e. The molecule has 0 fully saturated rings. The van der Waals surface area contributed by atoms with Crippen LogP contribution in [-0.2, 0) is 16.1 Å². The van der Waals surface area contributed by atoms with Crippen LogP contribution in [-0.4, -0.2) is 41.1 Å². The fraction of sp³-hybridized carbons (Fsp3) is 0.556. The summed E-state index contributed by atoms with van der Waals surface area (Å²) in [6.45, 7) is 8.65. The Balaban J connectivity index is 2.40. The first-order chi connectivity index (χ1) is 11.6. The molecule has 7 nitrogen and oxygen atoms in total. The largest absolute Gasteiger partial charge is 0.445 e. The quantitative estimate of drug-likeness (QED) is 0.731. The Hall–Kier alpha value is -2.28. The van der Waals surface area contributed by atoms with Crippen LogP contribution in [0.15, 0.2) is 30.3 Å². The molecule has 0 saturated carbocycles. The molecule has 3 unspecified atom stereocenters. The third-order valence-corrected chi connectivity index (χ3v) is 3.33. The summed E-state index contributed by atoms with van der Waals surface area (Å²) in [5, 5.41) is 15.3. The highest BCUT2D eigenvalue weighted by molar-refractivity contribution is 5.68. The summed E-state index contributed by atoms with van der Waals surface area (Å²) in [5.74, 6) is 0. The molecule has 1 rings (SSSR count). The van der Waals surface area contributed by atoms with Gasteiger partial charge in [0.25, 0.3) is 0 Å². The Labute approximate surface area is 148 Å². The van der Waals surface area contributed by atoms with Crippen LogP contribution >= 0.6 is 0 Å². The number of aliphatic hydroxyl groups is 1. The highest BCUT2D eigenvalue weighted by atomic mass is 16.6. The van der Waals surface area contributed by atoms with E-state index in [1.165, 1.54) is 0 Å². The molecular weight excluding hydrogens is 324 g/mol.